The Morgan fingerprint density at radius 1 is 1.45 bits per heavy atom. The van der Waals surface area contributed by atoms with E-state index in [1.807, 2.05) is 11.9 Å². The average Bonchev–Trinajstić information content (AvgIpc) is 2.87. The number of piperidine rings is 1. The molecule has 0 radical (unpaired) electrons. The van der Waals surface area contributed by atoms with Crippen LogP contribution in [0.1, 0.15) is 6.92 Å². The molecule has 1 saturated heterocycles. The fourth-order valence-electron chi connectivity index (χ4n) is 3.39. The molecule has 2 aromatic rings. The van der Waals surface area contributed by atoms with Crippen LogP contribution in [0.2, 0.25) is 0 Å². The summed E-state index contributed by atoms with van der Waals surface area (Å²) in [6, 6.07) is 0. The van der Waals surface area contributed by atoms with Gasteiger partial charge in [-0.15, -0.1) is 0 Å². The highest BCUT2D eigenvalue weighted by Crippen LogP contribution is 2.53. The number of fused-ring (bicyclic) bond motifs is 1. The number of hydrogen-bond acceptors (Lipinski definition) is 6. The van der Waals surface area contributed by atoms with Gasteiger partial charge in [-0.1, -0.05) is 6.92 Å². The van der Waals surface area contributed by atoms with Crippen LogP contribution >= 0.6 is 0 Å². The van der Waals surface area contributed by atoms with Crippen LogP contribution in [-0.2, 0) is 7.05 Å². The fourth-order valence-corrected chi connectivity index (χ4v) is 3.39. The Bertz CT molecular complexity index is 730. The second kappa shape index (κ2) is 4.39. The minimum Gasteiger partial charge on any atom is -0.352 e. The molecule has 0 amide bonds. The molecule has 3 heterocycles. The van der Waals surface area contributed by atoms with Gasteiger partial charge in [0, 0.05) is 37.8 Å². The van der Waals surface area contributed by atoms with E-state index in [1.165, 1.54) is 6.20 Å². The van der Waals surface area contributed by atoms with E-state index in [0.29, 0.717) is 30.1 Å². The third kappa shape index (κ3) is 1.94. The molecule has 1 aliphatic heterocycles. The zero-order chi connectivity index (χ0) is 15.5. The minimum absolute atomic E-state index is 0.186. The average molecular weight is 303 g/mol. The second-order valence-electron chi connectivity index (χ2n) is 6.28. The highest BCUT2D eigenvalue weighted by Gasteiger charge is 2.64. The third-order valence-electron chi connectivity index (χ3n) is 4.90. The van der Waals surface area contributed by atoms with Crippen LogP contribution < -0.4 is 16.0 Å². The first-order valence-corrected chi connectivity index (χ1v) is 7.29. The quantitative estimate of drug-likeness (QED) is 0.875. The normalized spacial score (nSPS) is 29.5. The van der Waals surface area contributed by atoms with Gasteiger partial charge in [0.05, 0.1) is 18.1 Å². The lowest BCUT2D eigenvalue weighted by Gasteiger charge is -2.22. The lowest BCUT2D eigenvalue weighted by atomic mass is 10.2. The monoisotopic (exact) mass is 303 g/mol. The summed E-state index contributed by atoms with van der Waals surface area (Å²) in [7, 11) is 1.82. The molecule has 2 fully saturated rings. The fraction of sp³-hybridized carbons (Fsp3) is 0.500. The maximum atomic E-state index is 14.1. The first-order chi connectivity index (χ1) is 10.5. The van der Waals surface area contributed by atoms with Crippen LogP contribution in [-0.4, -0.2) is 38.4 Å². The highest BCUT2D eigenvalue weighted by atomic mass is 19.1. The molecule has 1 aliphatic carbocycles. The summed E-state index contributed by atoms with van der Waals surface area (Å²) in [6.45, 7) is 3.53. The minimum atomic E-state index is -0.422. The van der Waals surface area contributed by atoms with E-state index < -0.39 is 5.82 Å². The first-order valence-electron chi connectivity index (χ1n) is 7.29. The third-order valence-corrected chi connectivity index (χ3v) is 4.90. The van der Waals surface area contributed by atoms with E-state index >= 15 is 0 Å². The van der Waals surface area contributed by atoms with Crippen molar-refractivity contribution in [3.05, 3.63) is 24.4 Å². The van der Waals surface area contributed by atoms with E-state index in [2.05, 4.69) is 27.3 Å². The Morgan fingerprint density at radius 3 is 2.91 bits per heavy atom. The van der Waals surface area contributed by atoms with Gasteiger partial charge in [-0.05, 0) is 5.92 Å². The van der Waals surface area contributed by atoms with Crippen LogP contribution in [0.15, 0.2) is 18.6 Å². The Morgan fingerprint density at radius 2 is 2.27 bits per heavy atom. The topological polar surface area (TPSA) is 84.9 Å². The van der Waals surface area contributed by atoms with Gasteiger partial charge in [0.1, 0.15) is 0 Å². The maximum Gasteiger partial charge on any atom is 0.229 e. The van der Waals surface area contributed by atoms with Crippen LogP contribution in [0.3, 0.4) is 0 Å². The zero-order valence-electron chi connectivity index (χ0n) is 12.5. The number of halogens is 1. The zero-order valence-corrected chi connectivity index (χ0v) is 12.5. The predicted octanol–water partition coefficient (Wildman–Crippen LogP) is 0.876. The lowest BCUT2D eigenvalue weighted by molar-refractivity contribution is 0.583. The first kappa shape index (κ1) is 13.4. The molecule has 2 aromatic heterocycles. The molecule has 0 aromatic carbocycles. The molecule has 8 heteroatoms. The van der Waals surface area contributed by atoms with Crippen molar-refractivity contribution < 1.29 is 4.39 Å². The highest BCUT2D eigenvalue weighted by molar-refractivity contribution is 5.54. The SMILES string of the molecule is CC1[C@H]2CN(c3nc(Nc4cnn(C)c4)ncc3F)C[C@@]12N. The number of aryl methyl sites for hydroxylation is 1. The summed E-state index contributed by atoms with van der Waals surface area (Å²) in [5, 5.41) is 7.09. The maximum absolute atomic E-state index is 14.1. The van der Waals surface area contributed by atoms with Gasteiger partial charge in [-0.25, -0.2) is 9.37 Å². The number of anilines is 3. The predicted molar refractivity (Wildman–Crippen MR) is 80.3 cm³/mol. The molecule has 0 spiro atoms. The van der Waals surface area contributed by atoms with Gasteiger partial charge >= 0.3 is 0 Å². The summed E-state index contributed by atoms with van der Waals surface area (Å²) in [6.07, 6.45) is 4.65. The lowest BCUT2D eigenvalue weighted by Crippen LogP contribution is -2.36. The number of aromatic nitrogens is 4. The Labute approximate surface area is 127 Å². The van der Waals surface area contributed by atoms with E-state index in [0.717, 1.165) is 12.2 Å². The van der Waals surface area contributed by atoms with Crippen LogP contribution in [0.4, 0.5) is 21.8 Å². The molecule has 7 nitrogen and oxygen atoms in total. The van der Waals surface area contributed by atoms with Crippen molar-refractivity contribution >= 4 is 17.5 Å². The van der Waals surface area contributed by atoms with Crippen molar-refractivity contribution in [2.24, 2.45) is 24.6 Å². The molecule has 3 N–H and O–H groups in total. The van der Waals surface area contributed by atoms with Gasteiger partial charge in [-0.3, -0.25) is 4.68 Å². The molecule has 0 bridgehead atoms. The van der Waals surface area contributed by atoms with Crippen molar-refractivity contribution in [2.45, 2.75) is 12.5 Å². The molecule has 2 aliphatic rings. The van der Waals surface area contributed by atoms with Crippen molar-refractivity contribution in [1.29, 1.82) is 0 Å². The molecule has 1 saturated carbocycles. The Hall–Kier alpha value is -2.22. The summed E-state index contributed by atoms with van der Waals surface area (Å²) < 4.78 is 15.7. The Kier molecular flexibility index (Phi) is 2.68. The number of nitrogens with one attached hydrogen (secondary N) is 1. The van der Waals surface area contributed by atoms with Gasteiger partial charge in [-0.2, -0.15) is 10.1 Å². The van der Waals surface area contributed by atoms with Crippen molar-refractivity contribution in [3.8, 4) is 0 Å². The van der Waals surface area contributed by atoms with Gasteiger partial charge in [0.15, 0.2) is 11.6 Å². The van der Waals surface area contributed by atoms with E-state index in [1.54, 1.807) is 17.1 Å². The summed E-state index contributed by atoms with van der Waals surface area (Å²) in [5.74, 6) is 1.17. The van der Waals surface area contributed by atoms with Crippen LogP contribution in [0.25, 0.3) is 0 Å². The van der Waals surface area contributed by atoms with E-state index in [4.69, 9.17) is 5.73 Å². The summed E-state index contributed by atoms with van der Waals surface area (Å²) in [5.41, 5.74) is 6.87. The van der Waals surface area contributed by atoms with Gasteiger partial charge in [0.2, 0.25) is 5.95 Å². The smallest absolute Gasteiger partial charge is 0.229 e. The number of rotatable bonds is 3. The number of hydrogen-bond donors (Lipinski definition) is 2. The molecule has 3 atom stereocenters. The van der Waals surface area contributed by atoms with Gasteiger partial charge < -0.3 is 16.0 Å². The van der Waals surface area contributed by atoms with E-state index in [-0.39, 0.29) is 5.54 Å². The van der Waals surface area contributed by atoms with Crippen molar-refractivity contribution in [1.82, 2.24) is 19.7 Å². The largest absolute Gasteiger partial charge is 0.352 e. The molecular weight excluding hydrogens is 285 g/mol. The standard InChI is InChI=1S/C14H18FN7/c1-8-10-6-22(7-14(8,10)16)12-11(15)4-17-13(20-12)19-9-3-18-21(2)5-9/h3-5,8,10H,6-7,16H2,1-2H3,(H,17,19,20)/t8?,10-,14-/m1/s1. The van der Waals surface area contributed by atoms with Gasteiger partial charge in [0.25, 0.3) is 0 Å². The van der Waals surface area contributed by atoms with Crippen molar-refractivity contribution in [3.63, 3.8) is 0 Å². The number of nitrogens with zero attached hydrogens (tertiary/aromatic N) is 5. The molecular formula is C14H18FN7. The molecule has 4 rings (SSSR count). The van der Waals surface area contributed by atoms with E-state index in [9.17, 15) is 4.39 Å². The molecule has 1 unspecified atom stereocenters. The molecule has 22 heavy (non-hydrogen) atoms. The second-order valence-corrected chi connectivity index (χ2v) is 6.28. The Balaban J connectivity index is 1.57. The molecule has 116 valence electrons. The number of nitrogens with two attached hydrogens (primary N) is 1. The summed E-state index contributed by atoms with van der Waals surface area (Å²) in [4.78, 5) is 10.2. The van der Waals surface area contributed by atoms with Crippen LogP contribution in [0.5, 0.6) is 0 Å². The van der Waals surface area contributed by atoms with Crippen LogP contribution in [0, 0.1) is 17.7 Å². The van der Waals surface area contributed by atoms with Crippen molar-refractivity contribution in [2.75, 3.05) is 23.3 Å². The summed E-state index contributed by atoms with van der Waals surface area (Å²) >= 11 is 0.